The topological polar surface area (TPSA) is 64.3 Å². The fourth-order valence-electron chi connectivity index (χ4n) is 0.831. The summed E-state index contributed by atoms with van der Waals surface area (Å²) in [7, 11) is 0. The first kappa shape index (κ1) is 12.2. The monoisotopic (exact) mass is 188 g/mol. The summed E-state index contributed by atoms with van der Waals surface area (Å²) >= 11 is 0. The van der Waals surface area contributed by atoms with Crippen LogP contribution in [0, 0.1) is 0 Å². The van der Waals surface area contributed by atoms with Crippen molar-refractivity contribution >= 4 is 6.09 Å². The molecule has 0 radical (unpaired) electrons. The van der Waals surface area contributed by atoms with E-state index in [1.807, 2.05) is 27.7 Å². The van der Waals surface area contributed by atoms with Gasteiger partial charge in [0.25, 0.3) is 0 Å². The van der Waals surface area contributed by atoms with Crippen LogP contribution in [-0.4, -0.2) is 24.3 Å². The molecule has 0 aliphatic heterocycles. The Balaban J connectivity index is 3.74. The summed E-state index contributed by atoms with van der Waals surface area (Å²) in [5.41, 5.74) is 4.90. The van der Waals surface area contributed by atoms with E-state index in [0.717, 1.165) is 6.42 Å². The average molecular weight is 188 g/mol. The van der Waals surface area contributed by atoms with E-state index in [4.69, 9.17) is 10.5 Å². The number of alkyl carbamates (subject to hydrolysis) is 1. The fourth-order valence-corrected chi connectivity index (χ4v) is 0.831. The number of rotatable bonds is 3. The second-order valence-electron chi connectivity index (χ2n) is 4.12. The minimum Gasteiger partial charge on any atom is -0.444 e. The molecular formula is C9H20N2O2. The van der Waals surface area contributed by atoms with Gasteiger partial charge in [-0.1, -0.05) is 0 Å². The number of hydrogen-bond acceptors (Lipinski definition) is 3. The largest absolute Gasteiger partial charge is 0.444 e. The lowest BCUT2D eigenvalue weighted by Crippen LogP contribution is -2.38. The van der Waals surface area contributed by atoms with Crippen molar-refractivity contribution in [2.45, 2.75) is 45.8 Å². The first-order chi connectivity index (χ1) is 5.85. The molecule has 1 unspecified atom stereocenters. The number of hydrogen-bond donors (Lipinski definition) is 2. The highest BCUT2D eigenvalue weighted by Gasteiger charge is 2.16. The van der Waals surface area contributed by atoms with E-state index in [2.05, 4.69) is 5.32 Å². The Morgan fingerprint density at radius 3 is 2.46 bits per heavy atom. The van der Waals surface area contributed by atoms with Gasteiger partial charge in [0.05, 0.1) is 0 Å². The van der Waals surface area contributed by atoms with Crippen molar-refractivity contribution in [1.82, 2.24) is 5.32 Å². The minimum atomic E-state index is -0.438. The Morgan fingerprint density at radius 2 is 2.08 bits per heavy atom. The molecule has 78 valence electrons. The highest BCUT2D eigenvalue weighted by Crippen LogP contribution is 2.06. The van der Waals surface area contributed by atoms with Crippen molar-refractivity contribution in [3.8, 4) is 0 Å². The van der Waals surface area contributed by atoms with E-state index in [9.17, 15) is 4.79 Å². The molecule has 3 N–H and O–H groups in total. The highest BCUT2D eigenvalue weighted by atomic mass is 16.6. The van der Waals surface area contributed by atoms with Crippen molar-refractivity contribution < 1.29 is 9.53 Å². The molecule has 4 nitrogen and oxygen atoms in total. The van der Waals surface area contributed by atoms with Gasteiger partial charge in [-0.2, -0.15) is 0 Å². The molecule has 0 aromatic carbocycles. The van der Waals surface area contributed by atoms with Crippen LogP contribution in [0.1, 0.15) is 34.1 Å². The van der Waals surface area contributed by atoms with Crippen LogP contribution in [0.4, 0.5) is 4.79 Å². The summed E-state index contributed by atoms with van der Waals surface area (Å²) < 4.78 is 5.06. The molecule has 0 heterocycles. The third-order valence-electron chi connectivity index (χ3n) is 1.36. The molecule has 0 spiro atoms. The van der Waals surface area contributed by atoms with Gasteiger partial charge < -0.3 is 15.8 Å². The van der Waals surface area contributed by atoms with Crippen LogP contribution in [0.3, 0.4) is 0 Å². The average Bonchev–Trinajstić information content (AvgIpc) is 1.81. The molecule has 0 saturated heterocycles. The lowest BCUT2D eigenvalue weighted by atomic mass is 10.2. The molecule has 1 atom stereocenters. The highest BCUT2D eigenvalue weighted by molar-refractivity contribution is 5.67. The van der Waals surface area contributed by atoms with Gasteiger partial charge in [0.1, 0.15) is 5.60 Å². The van der Waals surface area contributed by atoms with Crippen LogP contribution in [0.2, 0.25) is 0 Å². The second-order valence-corrected chi connectivity index (χ2v) is 4.12. The van der Waals surface area contributed by atoms with Gasteiger partial charge in [0.15, 0.2) is 0 Å². The molecule has 0 saturated carbocycles. The molecule has 0 bridgehead atoms. The fraction of sp³-hybridized carbons (Fsp3) is 0.889. The van der Waals surface area contributed by atoms with E-state index in [1.54, 1.807) is 0 Å². The van der Waals surface area contributed by atoms with E-state index in [0.29, 0.717) is 6.54 Å². The Hall–Kier alpha value is -0.770. The predicted molar refractivity (Wildman–Crippen MR) is 52.5 cm³/mol. The van der Waals surface area contributed by atoms with Gasteiger partial charge in [-0.25, -0.2) is 4.79 Å². The molecule has 13 heavy (non-hydrogen) atoms. The molecule has 0 aliphatic carbocycles. The van der Waals surface area contributed by atoms with E-state index < -0.39 is 5.60 Å². The van der Waals surface area contributed by atoms with Crippen LogP contribution in [0.15, 0.2) is 0 Å². The maximum atomic E-state index is 11.2. The minimum absolute atomic E-state index is 0.0693. The SMILES string of the molecule is CC(CCN)NC(=O)OC(C)(C)C. The van der Waals surface area contributed by atoms with Crippen LogP contribution in [0.5, 0.6) is 0 Å². The predicted octanol–water partition coefficient (Wildman–Crippen LogP) is 1.25. The van der Waals surface area contributed by atoms with Gasteiger partial charge in [-0.15, -0.1) is 0 Å². The molecule has 0 aromatic rings. The van der Waals surface area contributed by atoms with Crippen LogP contribution in [0.25, 0.3) is 0 Å². The molecule has 0 fully saturated rings. The smallest absolute Gasteiger partial charge is 0.407 e. The number of nitrogens with two attached hydrogens (primary N) is 1. The normalized spacial score (nSPS) is 13.6. The molecule has 0 aromatic heterocycles. The van der Waals surface area contributed by atoms with Gasteiger partial charge in [0, 0.05) is 6.04 Å². The van der Waals surface area contributed by atoms with Gasteiger partial charge in [-0.3, -0.25) is 0 Å². The quantitative estimate of drug-likeness (QED) is 0.700. The lowest BCUT2D eigenvalue weighted by Gasteiger charge is -2.21. The maximum absolute atomic E-state index is 11.2. The summed E-state index contributed by atoms with van der Waals surface area (Å²) in [6.07, 6.45) is 0.382. The maximum Gasteiger partial charge on any atom is 0.407 e. The van der Waals surface area contributed by atoms with Crippen LogP contribution < -0.4 is 11.1 Å². The number of nitrogens with one attached hydrogen (secondary N) is 1. The number of carbonyl (C=O) groups is 1. The van der Waals surface area contributed by atoms with Crippen molar-refractivity contribution in [1.29, 1.82) is 0 Å². The van der Waals surface area contributed by atoms with Crippen LogP contribution in [-0.2, 0) is 4.74 Å². The Morgan fingerprint density at radius 1 is 1.54 bits per heavy atom. The summed E-state index contributed by atoms with van der Waals surface area (Å²) in [4.78, 5) is 11.2. The standard InChI is InChI=1S/C9H20N2O2/c1-7(5-6-10)11-8(12)13-9(2,3)4/h7H,5-6,10H2,1-4H3,(H,11,12). The Bertz CT molecular complexity index is 163. The Kier molecular flexibility index (Phi) is 4.77. The number of carbonyl (C=O) groups excluding carboxylic acids is 1. The number of ether oxygens (including phenoxy) is 1. The van der Waals surface area contributed by atoms with E-state index >= 15 is 0 Å². The van der Waals surface area contributed by atoms with E-state index in [1.165, 1.54) is 0 Å². The summed E-state index contributed by atoms with van der Waals surface area (Å²) in [5.74, 6) is 0. The summed E-state index contributed by atoms with van der Waals surface area (Å²) in [5, 5.41) is 2.70. The molecule has 0 rings (SSSR count). The van der Waals surface area contributed by atoms with Crippen molar-refractivity contribution in [3.05, 3.63) is 0 Å². The zero-order valence-corrected chi connectivity index (χ0v) is 8.89. The molecule has 0 aliphatic rings. The van der Waals surface area contributed by atoms with Crippen molar-refractivity contribution in [2.75, 3.05) is 6.54 Å². The second kappa shape index (κ2) is 5.07. The lowest BCUT2D eigenvalue weighted by molar-refractivity contribution is 0.0507. The molecule has 1 amide bonds. The summed E-state index contributed by atoms with van der Waals surface area (Å²) in [6, 6.07) is 0.0693. The van der Waals surface area contributed by atoms with E-state index in [-0.39, 0.29) is 12.1 Å². The molecule has 4 heteroatoms. The Labute approximate surface area is 79.8 Å². The third kappa shape index (κ3) is 7.59. The van der Waals surface area contributed by atoms with Gasteiger partial charge in [-0.05, 0) is 40.7 Å². The molecular weight excluding hydrogens is 168 g/mol. The summed E-state index contributed by atoms with van der Waals surface area (Å²) in [6.45, 7) is 7.97. The van der Waals surface area contributed by atoms with Gasteiger partial charge in [0.2, 0.25) is 0 Å². The number of amides is 1. The van der Waals surface area contributed by atoms with Crippen molar-refractivity contribution in [3.63, 3.8) is 0 Å². The third-order valence-corrected chi connectivity index (χ3v) is 1.36. The van der Waals surface area contributed by atoms with Crippen molar-refractivity contribution in [2.24, 2.45) is 5.73 Å². The first-order valence-electron chi connectivity index (χ1n) is 4.54. The van der Waals surface area contributed by atoms with Crippen LogP contribution >= 0.6 is 0 Å². The zero-order valence-electron chi connectivity index (χ0n) is 8.89. The van der Waals surface area contributed by atoms with Gasteiger partial charge >= 0.3 is 6.09 Å². The first-order valence-corrected chi connectivity index (χ1v) is 4.54. The zero-order chi connectivity index (χ0) is 10.5.